The summed E-state index contributed by atoms with van der Waals surface area (Å²) in [6, 6.07) is 26.2. The first-order valence-corrected chi connectivity index (χ1v) is 18.2. The van der Waals surface area contributed by atoms with Crippen molar-refractivity contribution >= 4 is 31.4 Å². The van der Waals surface area contributed by atoms with E-state index >= 15 is 0 Å². The summed E-state index contributed by atoms with van der Waals surface area (Å²) in [5, 5.41) is 11.0. The average Bonchev–Trinajstić information content (AvgIpc) is 3.06. The molecule has 0 aromatic heterocycles. The Kier molecular flexibility index (Phi) is 9.91. The Morgan fingerprint density at radius 2 is 1.26 bits per heavy atom. The fourth-order valence-electron chi connectivity index (χ4n) is 6.00. The molecule has 8 nitrogen and oxygen atoms in total. The van der Waals surface area contributed by atoms with Gasteiger partial charge in [-0.1, -0.05) is 42.5 Å². The number of carbonyl (C=O) groups excluding carboxylic acids is 2. The summed E-state index contributed by atoms with van der Waals surface area (Å²) < 4.78 is 55.6. The lowest BCUT2D eigenvalue weighted by atomic mass is 9.77. The molecule has 0 amide bonds. The SMILES string of the molecule is CCOC(=O)CC1(O)CCCc2cc(S(=O)(=O)c3ccccc3)ccc21.O=C1CCCc2cc(S(=O)(=O)c3ccccc3)ccc21. The first-order chi connectivity index (χ1) is 22.0. The molecule has 0 saturated carbocycles. The minimum atomic E-state index is -3.61. The van der Waals surface area contributed by atoms with Crippen LogP contribution in [0.5, 0.6) is 0 Å². The highest BCUT2D eigenvalue weighted by Gasteiger charge is 2.37. The van der Waals surface area contributed by atoms with E-state index in [2.05, 4.69) is 0 Å². The monoisotopic (exact) mass is 660 g/mol. The first-order valence-electron chi connectivity index (χ1n) is 15.2. The lowest BCUT2D eigenvalue weighted by Gasteiger charge is -2.34. The van der Waals surface area contributed by atoms with Crippen LogP contribution in [0.3, 0.4) is 0 Å². The molecule has 4 aromatic rings. The van der Waals surface area contributed by atoms with E-state index in [1.807, 2.05) is 0 Å². The van der Waals surface area contributed by atoms with Crippen LogP contribution in [0.4, 0.5) is 0 Å². The highest BCUT2D eigenvalue weighted by atomic mass is 32.2. The van der Waals surface area contributed by atoms with Crippen molar-refractivity contribution < 1.29 is 36.3 Å². The van der Waals surface area contributed by atoms with Gasteiger partial charge < -0.3 is 9.84 Å². The Labute approximate surface area is 269 Å². The van der Waals surface area contributed by atoms with E-state index in [0.717, 1.165) is 24.0 Å². The van der Waals surface area contributed by atoms with Gasteiger partial charge in [-0.2, -0.15) is 0 Å². The third kappa shape index (κ3) is 6.99. The predicted molar refractivity (Wildman–Crippen MR) is 172 cm³/mol. The highest BCUT2D eigenvalue weighted by molar-refractivity contribution is 7.91. The molecule has 2 aliphatic carbocycles. The van der Waals surface area contributed by atoms with Crippen LogP contribution in [-0.2, 0) is 47.6 Å². The summed E-state index contributed by atoms with van der Waals surface area (Å²) in [4.78, 5) is 24.6. The Balaban J connectivity index is 0.000000187. The number of sulfone groups is 2. The minimum Gasteiger partial charge on any atom is -0.466 e. The van der Waals surface area contributed by atoms with E-state index in [4.69, 9.17) is 4.74 Å². The number of esters is 1. The third-order valence-electron chi connectivity index (χ3n) is 8.31. The second kappa shape index (κ2) is 13.7. The van der Waals surface area contributed by atoms with Crippen LogP contribution < -0.4 is 0 Å². The molecule has 0 fully saturated rings. The smallest absolute Gasteiger partial charge is 0.309 e. The van der Waals surface area contributed by atoms with Crippen LogP contribution in [0.15, 0.2) is 117 Å². The molecule has 1 atom stereocenters. The van der Waals surface area contributed by atoms with Gasteiger partial charge in [0.25, 0.3) is 0 Å². The maximum absolute atomic E-state index is 12.8. The van der Waals surface area contributed by atoms with Crippen molar-refractivity contribution in [2.75, 3.05) is 6.61 Å². The van der Waals surface area contributed by atoms with E-state index in [9.17, 15) is 31.5 Å². The number of Topliss-reactive ketones (excluding diaryl/α,β-unsaturated/α-hetero) is 1. The molecule has 10 heteroatoms. The van der Waals surface area contributed by atoms with E-state index in [-0.39, 0.29) is 38.4 Å². The van der Waals surface area contributed by atoms with Crippen molar-refractivity contribution in [3.63, 3.8) is 0 Å². The molecule has 2 aliphatic rings. The van der Waals surface area contributed by atoms with Gasteiger partial charge in [0.05, 0.1) is 32.6 Å². The van der Waals surface area contributed by atoms with Gasteiger partial charge in [-0.3, -0.25) is 9.59 Å². The van der Waals surface area contributed by atoms with Crippen LogP contribution in [0.1, 0.15) is 66.1 Å². The minimum absolute atomic E-state index is 0.106. The summed E-state index contributed by atoms with van der Waals surface area (Å²) in [5.74, 6) is -0.348. The Hall–Kier alpha value is -4.12. The molecule has 0 aliphatic heterocycles. The van der Waals surface area contributed by atoms with Crippen molar-refractivity contribution in [1.82, 2.24) is 0 Å². The van der Waals surface area contributed by atoms with Gasteiger partial charge in [-0.15, -0.1) is 0 Å². The van der Waals surface area contributed by atoms with Gasteiger partial charge in [0.15, 0.2) is 5.78 Å². The number of ketones is 1. The fraction of sp³-hybridized carbons (Fsp3) is 0.278. The number of ether oxygens (including phenoxy) is 1. The van der Waals surface area contributed by atoms with E-state index in [1.165, 1.54) is 12.1 Å². The van der Waals surface area contributed by atoms with Gasteiger partial charge in [-0.05, 0) is 110 Å². The van der Waals surface area contributed by atoms with Crippen LogP contribution in [0, 0.1) is 0 Å². The van der Waals surface area contributed by atoms with E-state index in [0.29, 0.717) is 36.8 Å². The van der Waals surface area contributed by atoms with Crippen molar-refractivity contribution in [2.45, 2.75) is 77.1 Å². The molecule has 1 N–H and O–H groups in total. The van der Waals surface area contributed by atoms with E-state index < -0.39 is 31.2 Å². The van der Waals surface area contributed by atoms with Gasteiger partial charge in [-0.25, -0.2) is 16.8 Å². The Morgan fingerprint density at radius 1 is 0.717 bits per heavy atom. The zero-order chi connectivity index (χ0) is 33.0. The Bertz CT molecular complexity index is 1950. The second-order valence-electron chi connectivity index (χ2n) is 11.4. The number of hydrogen-bond acceptors (Lipinski definition) is 8. The standard InChI is InChI=1S/C20H22O5S.C16H14O3S/c1-2-25-19(21)14-20(22)12-6-7-15-13-17(10-11-18(15)20)26(23,24)16-8-4-3-5-9-16;17-16-8-4-5-12-11-14(9-10-15(12)16)20(18,19)13-6-2-1-3-7-13/h3-5,8-11,13,22H,2,6-7,12,14H2,1H3;1-3,6-7,9-11H,4-5,8H2. The number of hydrogen-bond donors (Lipinski definition) is 1. The normalized spacial score (nSPS) is 17.6. The van der Waals surface area contributed by atoms with Crippen molar-refractivity contribution in [3.05, 3.63) is 119 Å². The van der Waals surface area contributed by atoms with Gasteiger partial charge >= 0.3 is 5.97 Å². The molecule has 4 aromatic carbocycles. The van der Waals surface area contributed by atoms with Gasteiger partial charge in [0.2, 0.25) is 19.7 Å². The number of aliphatic hydroxyl groups is 1. The number of carbonyl (C=O) groups is 2. The largest absolute Gasteiger partial charge is 0.466 e. The maximum atomic E-state index is 12.8. The van der Waals surface area contributed by atoms with Gasteiger partial charge in [0.1, 0.15) is 5.60 Å². The molecule has 6 rings (SSSR count). The molecule has 240 valence electrons. The zero-order valence-electron chi connectivity index (χ0n) is 25.5. The maximum Gasteiger partial charge on any atom is 0.309 e. The molecule has 0 radical (unpaired) electrons. The van der Waals surface area contributed by atoms with Gasteiger partial charge in [0, 0.05) is 12.0 Å². The first kappa shape index (κ1) is 33.2. The highest BCUT2D eigenvalue weighted by Crippen LogP contribution is 2.39. The van der Waals surface area contributed by atoms with Crippen molar-refractivity contribution in [1.29, 1.82) is 0 Å². The third-order valence-corrected chi connectivity index (χ3v) is 11.8. The molecule has 0 spiro atoms. The molecule has 1 unspecified atom stereocenters. The number of benzene rings is 4. The van der Waals surface area contributed by atoms with Crippen LogP contribution in [0.25, 0.3) is 0 Å². The lowest BCUT2D eigenvalue weighted by molar-refractivity contribution is -0.149. The second-order valence-corrected chi connectivity index (χ2v) is 15.3. The molecule has 0 saturated heterocycles. The molecule has 0 bridgehead atoms. The number of aryl methyl sites for hydroxylation is 2. The number of rotatable bonds is 7. The molecular formula is C36H36O8S2. The van der Waals surface area contributed by atoms with Crippen LogP contribution in [0.2, 0.25) is 0 Å². The lowest BCUT2D eigenvalue weighted by Crippen LogP contribution is -2.34. The summed E-state index contributed by atoms with van der Waals surface area (Å²) in [5.41, 5.74) is 1.58. The summed E-state index contributed by atoms with van der Waals surface area (Å²) in [6.45, 7) is 1.98. The Morgan fingerprint density at radius 3 is 1.85 bits per heavy atom. The quantitative estimate of drug-likeness (QED) is 0.238. The number of fused-ring (bicyclic) bond motifs is 2. The topological polar surface area (TPSA) is 132 Å². The van der Waals surface area contributed by atoms with Crippen LogP contribution >= 0.6 is 0 Å². The molecule has 0 heterocycles. The van der Waals surface area contributed by atoms with Crippen molar-refractivity contribution in [3.8, 4) is 0 Å². The predicted octanol–water partition coefficient (Wildman–Crippen LogP) is 6.03. The molecule has 46 heavy (non-hydrogen) atoms. The zero-order valence-corrected chi connectivity index (χ0v) is 27.1. The average molecular weight is 661 g/mol. The summed E-state index contributed by atoms with van der Waals surface area (Å²) in [6.07, 6.45) is 3.77. The summed E-state index contributed by atoms with van der Waals surface area (Å²) >= 11 is 0. The van der Waals surface area contributed by atoms with E-state index in [1.54, 1.807) is 91.9 Å². The van der Waals surface area contributed by atoms with Crippen molar-refractivity contribution in [2.24, 2.45) is 0 Å². The molecular weight excluding hydrogens is 625 g/mol. The fourth-order valence-corrected chi connectivity index (χ4v) is 8.66. The van der Waals surface area contributed by atoms with Crippen LogP contribution in [-0.4, -0.2) is 40.3 Å². The summed E-state index contributed by atoms with van der Waals surface area (Å²) in [7, 11) is -7.12.